The van der Waals surface area contributed by atoms with E-state index in [1.807, 2.05) is 6.07 Å². The summed E-state index contributed by atoms with van der Waals surface area (Å²) in [6.45, 7) is 1.15. The van der Waals surface area contributed by atoms with E-state index in [9.17, 15) is 0 Å². The maximum Gasteiger partial charge on any atom is 0.0264 e. The average molecular weight is 252 g/mol. The van der Waals surface area contributed by atoms with Crippen LogP contribution in [0.2, 0.25) is 0 Å². The first-order valence-corrected chi connectivity index (χ1v) is 5.82. The van der Waals surface area contributed by atoms with Gasteiger partial charge in [-0.15, -0.1) is 0 Å². The van der Waals surface area contributed by atoms with Crippen LogP contribution in [0.15, 0.2) is 36.4 Å². The third-order valence-electron chi connectivity index (χ3n) is 2.50. The van der Waals surface area contributed by atoms with Crippen LogP contribution in [0.25, 0.3) is 4.48 Å². The molecule has 2 heteroatoms. The second-order valence-electron chi connectivity index (χ2n) is 3.58. The van der Waals surface area contributed by atoms with Gasteiger partial charge in [0.05, 0.1) is 0 Å². The van der Waals surface area contributed by atoms with E-state index in [2.05, 4.69) is 51.6 Å². The van der Waals surface area contributed by atoms with Gasteiger partial charge >= 0.3 is 0 Å². The number of hydrogen-bond donors (Lipinski definition) is 1. The summed E-state index contributed by atoms with van der Waals surface area (Å²) >= 11 is 3.62. The molecule has 0 bridgehead atoms. The lowest BCUT2D eigenvalue weighted by atomic mass is 10.1. The minimum absolute atomic E-state index is 0.546. The van der Waals surface area contributed by atoms with Crippen molar-refractivity contribution in [1.29, 1.82) is 0 Å². The quantitative estimate of drug-likeness (QED) is 0.852. The molecule has 1 aromatic rings. The first-order chi connectivity index (χ1) is 6.86. The summed E-state index contributed by atoms with van der Waals surface area (Å²) < 4.78 is 1.19. The number of hydrogen-bond acceptors (Lipinski definition) is 1. The molecule has 2 rings (SSSR count). The molecule has 1 aromatic carbocycles. The van der Waals surface area contributed by atoms with Gasteiger partial charge in [0.15, 0.2) is 0 Å². The van der Waals surface area contributed by atoms with Crippen molar-refractivity contribution in [3.05, 3.63) is 42.0 Å². The standard InChI is InChI=1S/C12H14BrN/c13-12(9-11-7-4-8-14-11)10-5-2-1-3-6-10/h1-3,5-6,9,11,14H,4,7-8H2. The van der Waals surface area contributed by atoms with Gasteiger partial charge in [-0.05, 0) is 24.9 Å². The smallest absolute Gasteiger partial charge is 0.0264 e. The molecule has 1 N–H and O–H groups in total. The van der Waals surface area contributed by atoms with Gasteiger partial charge in [0, 0.05) is 10.5 Å². The number of rotatable bonds is 2. The highest BCUT2D eigenvalue weighted by Gasteiger charge is 2.11. The van der Waals surface area contributed by atoms with Crippen LogP contribution < -0.4 is 5.32 Å². The second-order valence-corrected chi connectivity index (χ2v) is 4.44. The third-order valence-corrected chi connectivity index (χ3v) is 3.22. The zero-order chi connectivity index (χ0) is 9.80. The van der Waals surface area contributed by atoms with Gasteiger partial charge in [0.2, 0.25) is 0 Å². The molecule has 14 heavy (non-hydrogen) atoms. The van der Waals surface area contributed by atoms with Gasteiger partial charge in [-0.25, -0.2) is 0 Å². The zero-order valence-corrected chi connectivity index (χ0v) is 9.63. The highest BCUT2D eigenvalue weighted by molar-refractivity contribution is 9.15. The van der Waals surface area contributed by atoms with Crippen molar-refractivity contribution in [2.75, 3.05) is 6.54 Å². The molecule has 1 saturated heterocycles. The Morgan fingerprint density at radius 3 is 2.79 bits per heavy atom. The van der Waals surface area contributed by atoms with Crippen LogP contribution >= 0.6 is 15.9 Å². The number of nitrogens with one attached hydrogen (secondary N) is 1. The summed E-state index contributed by atoms with van der Waals surface area (Å²) in [6.07, 6.45) is 4.81. The van der Waals surface area contributed by atoms with E-state index in [4.69, 9.17) is 0 Å². The topological polar surface area (TPSA) is 12.0 Å². The Morgan fingerprint density at radius 1 is 1.36 bits per heavy atom. The minimum Gasteiger partial charge on any atom is -0.310 e. The van der Waals surface area contributed by atoms with E-state index in [1.165, 1.54) is 22.9 Å². The van der Waals surface area contributed by atoms with Crippen LogP contribution in [0.3, 0.4) is 0 Å². The molecule has 1 fully saturated rings. The van der Waals surface area contributed by atoms with E-state index < -0.39 is 0 Å². The summed E-state index contributed by atoms with van der Waals surface area (Å²) in [5.74, 6) is 0. The highest BCUT2D eigenvalue weighted by atomic mass is 79.9. The molecule has 1 heterocycles. The Kier molecular flexibility index (Phi) is 3.38. The van der Waals surface area contributed by atoms with Gasteiger partial charge in [-0.2, -0.15) is 0 Å². The Bertz CT molecular complexity index is 312. The fourth-order valence-corrected chi connectivity index (χ4v) is 2.31. The molecule has 1 aliphatic rings. The first kappa shape index (κ1) is 9.94. The summed E-state index contributed by atoms with van der Waals surface area (Å²) in [5.41, 5.74) is 1.25. The van der Waals surface area contributed by atoms with Gasteiger partial charge in [-0.1, -0.05) is 52.3 Å². The van der Waals surface area contributed by atoms with Crippen molar-refractivity contribution in [1.82, 2.24) is 5.32 Å². The zero-order valence-electron chi connectivity index (χ0n) is 8.04. The Morgan fingerprint density at radius 2 is 2.14 bits per heavy atom. The Labute approximate surface area is 93.3 Å². The molecule has 0 aliphatic carbocycles. The normalized spacial score (nSPS) is 22.6. The van der Waals surface area contributed by atoms with Crippen molar-refractivity contribution in [2.24, 2.45) is 0 Å². The summed E-state index contributed by atoms with van der Waals surface area (Å²) in [7, 11) is 0. The molecule has 0 aromatic heterocycles. The second kappa shape index (κ2) is 4.76. The summed E-state index contributed by atoms with van der Waals surface area (Å²) in [5, 5.41) is 3.45. The maximum atomic E-state index is 3.62. The Hall–Kier alpha value is -0.600. The van der Waals surface area contributed by atoms with E-state index in [0.29, 0.717) is 6.04 Å². The van der Waals surface area contributed by atoms with Crippen molar-refractivity contribution >= 4 is 20.4 Å². The summed E-state index contributed by atoms with van der Waals surface area (Å²) in [4.78, 5) is 0. The van der Waals surface area contributed by atoms with Crippen molar-refractivity contribution in [3.63, 3.8) is 0 Å². The van der Waals surface area contributed by atoms with Crippen molar-refractivity contribution in [2.45, 2.75) is 18.9 Å². The molecule has 0 spiro atoms. The lowest BCUT2D eigenvalue weighted by Crippen LogP contribution is -2.18. The maximum absolute atomic E-state index is 3.62. The third kappa shape index (κ3) is 2.46. The minimum atomic E-state index is 0.546. The van der Waals surface area contributed by atoms with Crippen LogP contribution in [0.4, 0.5) is 0 Å². The van der Waals surface area contributed by atoms with Gasteiger partial charge < -0.3 is 5.32 Å². The van der Waals surface area contributed by atoms with Crippen LogP contribution in [0.5, 0.6) is 0 Å². The average Bonchev–Trinajstić information content (AvgIpc) is 2.72. The lowest BCUT2D eigenvalue weighted by molar-refractivity contribution is 0.730. The van der Waals surface area contributed by atoms with Gasteiger partial charge in [0.25, 0.3) is 0 Å². The first-order valence-electron chi connectivity index (χ1n) is 5.02. The molecule has 1 unspecified atom stereocenters. The molecule has 1 atom stereocenters. The molecular formula is C12H14BrN. The van der Waals surface area contributed by atoms with E-state index in [1.54, 1.807) is 0 Å². The Balaban J connectivity index is 2.10. The van der Waals surface area contributed by atoms with Gasteiger partial charge in [-0.3, -0.25) is 0 Å². The van der Waals surface area contributed by atoms with E-state index >= 15 is 0 Å². The largest absolute Gasteiger partial charge is 0.310 e. The molecule has 1 nitrogen and oxygen atoms in total. The van der Waals surface area contributed by atoms with Crippen LogP contribution in [-0.2, 0) is 0 Å². The fourth-order valence-electron chi connectivity index (χ4n) is 1.72. The van der Waals surface area contributed by atoms with E-state index in [-0.39, 0.29) is 0 Å². The summed E-state index contributed by atoms with van der Waals surface area (Å²) in [6, 6.07) is 11.0. The monoisotopic (exact) mass is 251 g/mol. The van der Waals surface area contributed by atoms with Crippen molar-refractivity contribution in [3.8, 4) is 0 Å². The molecule has 74 valence electrons. The highest BCUT2D eigenvalue weighted by Crippen LogP contribution is 2.22. The number of benzene rings is 1. The molecule has 0 radical (unpaired) electrons. The van der Waals surface area contributed by atoms with Crippen LogP contribution in [-0.4, -0.2) is 12.6 Å². The molecule has 0 amide bonds. The fraction of sp³-hybridized carbons (Fsp3) is 0.333. The van der Waals surface area contributed by atoms with E-state index in [0.717, 1.165) is 6.54 Å². The SMILES string of the molecule is BrC(=CC1CCCN1)c1ccccc1. The molecule has 0 saturated carbocycles. The molecule has 1 aliphatic heterocycles. The van der Waals surface area contributed by atoms with Crippen LogP contribution in [0, 0.1) is 0 Å². The molecular weight excluding hydrogens is 238 g/mol. The predicted octanol–water partition coefficient (Wildman–Crippen LogP) is 3.17. The predicted molar refractivity (Wildman–Crippen MR) is 64.4 cm³/mol. The van der Waals surface area contributed by atoms with Gasteiger partial charge in [0.1, 0.15) is 0 Å². The van der Waals surface area contributed by atoms with Crippen molar-refractivity contribution < 1.29 is 0 Å². The number of halogens is 1. The lowest BCUT2D eigenvalue weighted by Gasteiger charge is -2.05. The van der Waals surface area contributed by atoms with Crippen LogP contribution in [0.1, 0.15) is 18.4 Å².